The zero-order valence-corrected chi connectivity index (χ0v) is 22.7. The minimum absolute atomic E-state index is 0.0270. The monoisotopic (exact) mass is 489 g/mol. The van der Waals surface area contributed by atoms with E-state index in [2.05, 4.69) is 31.9 Å². The lowest BCUT2D eigenvalue weighted by Crippen LogP contribution is -2.42. The van der Waals surface area contributed by atoms with Crippen LogP contribution in [0.4, 0.5) is 0 Å². The molecule has 35 heavy (non-hydrogen) atoms. The standard InChI is InChI=1S/C28H43NO6/c1-20(2)28(22(13-17-30)19-25(33-6)26(34-7)27(28)35-8)14-9-15-29(3)16-12-21-10-11-23(31-4)24(18-21)32-5/h10-11,17-20,22H,9,12-16H2,1-8H3. The second kappa shape index (κ2) is 13.4. The molecule has 0 heterocycles. The van der Waals surface area contributed by atoms with Gasteiger partial charge in [-0.05, 0) is 62.5 Å². The lowest BCUT2D eigenvalue weighted by molar-refractivity contribution is -0.109. The number of hydrogen-bond acceptors (Lipinski definition) is 7. The third-order valence-electron chi connectivity index (χ3n) is 7.24. The number of allylic oxidation sites excluding steroid dienone is 2. The first-order chi connectivity index (χ1) is 16.8. The maximum atomic E-state index is 11.6. The van der Waals surface area contributed by atoms with Crippen LogP contribution in [0.15, 0.2) is 41.6 Å². The van der Waals surface area contributed by atoms with Crippen molar-refractivity contribution in [3.63, 3.8) is 0 Å². The molecule has 0 radical (unpaired) electrons. The maximum Gasteiger partial charge on any atom is 0.199 e. The van der Waals surface area contributed by atoms with Crippen molar-refractivity contribution >= 4 is 6.29 Å². The molecule has 196 valence electrons. The second-order valence-corrected chi connectivity index (χ2v) is 9.35. The Morgan fingerprint density at radius 2 is 1.69 bits per heavy atom. The van der Waals surface area contributed by atoms with E-state index in [4.69, 9.17) is 23.7 Å². The molecule has 0 fully saturated rings. The predicted molar refractivity (Wildman–Crippen MR) is 138 cm³/mol. The molecule has 1 aromatic carbocycles. The molecule has 0 saturated carbocycles. The summed E-state index contributed by atoms with van der Waals surface area (Å²) < 4.78 is 28.0. The quantitative estimate of drug-likeness (QED) is 0.326. The topological polar surface area (TPSA) is 66.5 Å². The third-order valence-corrected chi connectivity index (χ3v) is 7.24. The Kier molecular flexibility index (Phi) is 11.0. The van der Waals surface area contributed by atoms with Crippen molar-refractivity contribution in [2.75, 3.05) is 55.7 Å². The Labute approximate surface area is 211 Å². The van der Waals surface area contributed by atoms with E-state index >= 15 is 0 Å². The molecular weight excluding hydrogens is 446 g/mol. The van der Waals surface area contributed by atoms with Crippen LogP contribution in [0.3, 0.4) is 0 Å². The van der Waals surface area contributed by atoms with Crippen LogP contribution in [0.2, 0.25) is 0 Å². The van der Waals surface area contributed by atoms with Crippen molar-refractivity contribution in [1.29, 1.82) is 0 Å². The summed E-state index contributed by atoms with van der Waals surface area (Å²) in [5.74, 6) is 3.71. The highest BCUT2D eigenvalue weighted by atomic mass is 16.5. The average Bonchev–Trinajstić information content (AvgIpc) is 2.87. The number of rotatable bonds is 15. The number of hydrogen-bond donors (Lipinski definition) is 0. The number of nitrogens with zero attached hydrogens (tertiary/aromatic N) is 1. The third kappa shape index (κ3) is 6.31. The Morgan fingerprint density at radius 3 is 2.23 bits per heavy atom. The van der Waals surface area contributed by atoms with E-state index in [-0.39, 0.29) is 17.3 Å². The van der Waals surface area contributed by atoms with Gasteiger partial charge in [0.25, 0.3) is 0 Å². The van der Waals surface area contributed by atoms with Gasteiger partial charge in [-0.2, -0.15) is 0 Å². The van der Waals surface area contributed by atoms with Crippen molar-refractivity contribution in [2.24, 2.45) is 17.3 Å². The lowest BCUT2D eigenvalue weighted by Gasteiger charge is -2.46. The zero-order chi connectivity index (χ0) is 26.0. The van der Waals surface area contributed by atoms with E-state index in [9.17, 15) is 4.79 Å². The summed E-state index contributed by atoms with van der Waals surface area (Å²) in [4.78, 5) is 14.0. The molecule has 0 aliphatic heterocycles. The summed E-state index contributed by atoms with van der Waals surface area (Å²) in [6.45, 7) is 6.23. The van der Waals surface area contributed by atoms with Gasteiger partial charge in [0.15, 0.2) is 23.0 Å². The average molecular weight is 490 g/mol. The van der Waals surface area contributed by atoms with Crippen LogP contribution < -0.4 is 9.47 Å². The Morgan fingerprint density at radius 1 is 0.971 bits per heavy atom. The smallest absolute Gasteiger partial charge is 0.199 e. The molecule has 2 atom stereocenters. The molecule has 0 bridgehead atoms. The van der Waals surface area contributed by atoms with Gasteiger partial charge in [0.2, 0.25) is 0 Å². The van der Waals surface area contributed by atoms with Gasteiger partial charge < -0.3 is 33.4 Å². The van der Waals surface area contributed by atoms with E-state index in [1.165, 1.54) is 5.56 Å². The fraction of sp³-hybridized carbons (Fsp3) is 0.607. The molecule has 0 aromatic heterocycles. The van der Waals surface area contributed by atoms with E-state index in [1.54, 1.807) is 35.5 Å². The fourth-order valence-electron chi connectivity index (χ4n) is 5.30. The Balaban J connectivity index is 2.14. The Hall–Kier alpha value is -2.67. The first kappa shape index (κ1) is 28.6. The summed E-state index contributed by atoms with van der Waals surface area (Å²) in [5.41, 5.74) is 0.853. The number of benzene rings is 1. The minimum Gasteiger partial charge on any atom is -0.496 e. The summed E-state index contributed by atoms with van der Waals surface area (Å²) in [7, 11) is 10.4. The van der Waals surface area contributed by atoms with Crippen LogP contribution in [0.5, 0.6) is 11.5 Å². The summed E-state index contributed by atoms with van der Waals surface area (Å²) in [6, 6.07) is 6.06. The first-order valence-corrected chi connectivity index (χ1v) is 12.2. The van der Waals surface area contributed by atoms with E-state index in [1.807, 2.05) is 18.2 Å². The number of ether oxygens (including phenoxy) is 5. The zero-order valence-electron chi connectivity index (χ0n) is 22.7. The highest BCUT2D eigenvalue weighted by Crippen LogP contribution is 2.53. The normalized spacial score (nSPS) is 20.1. The SMILES string of the molecule is COC1=CC(CC=O)C(CCCN(C)CCc2ccc(OC)c(OC)c2)(C(C)C)C(OC)=C1OC. The number of likely N-dealkylation sites (N-methyl/N-ethyl adjacent to an activating group) is 1. The predicted octanol–water partition coefficient (Wildman–Crippen LogP) is 4.85. The van der Waals surface area contributed by atoms with Crippen molar-refractivity contribution in [1.82, 2.24) is 4.90 Å². The van der Waals surface area contributed by atoms with Crippen molar-refractivity contribution in [2.45, 2.75) is 39.5 Å². The van der Waals surface area contributed by atoms with Gasteiger partial charge in [-0.15, -0.1) is 0 Å². The molecule has 1 aliphatic rings. The van der Waals surface area contributed by atoms with Gasteiger partial charge in [0.1, 0.15) is 12.0 Å². The molecule has 2 rings (SSSR count). The minimum atomic E-state index is -0.354. The van der Waals surface area contributed by atoms with Gasteiger partial charge in [-0.3, -0.25) is 0 Å². The van der Waals surface area contributed by atoms with E-state index in [0.717, 1.165) is 55.9 Å². The van der Waals surface area contributed by atoms with Crippen molar-refractivity contribution < 1.29 is 28.5 Å². The highest BCUT2D eigenvalue weighted by Gasteiger charge is 2.49. The molecule has 0 N–H and O–H groups in total. The largest absolute Gasteiger partial charge is 0.496 e. The van der Waals surface area contributed by atoms with Crippen molar-refractivity contribution in [3.05, 3.63) is 47.1 Å². The summed E-state index contributed by atoms with van der Waals surface area (Å²) in [6.07, 6.45) is 6.17. The molecule has 0 saturated heterocycles. The van der Waals surface area contributed by atoms with Crippen LogP contribution >= 0.6 is 0 Å². The maximum absolute atomic E-state index is 11.6. The van der Waals surface area contributed by atoms with Gasteiger partial charge in [-0.1, -0.05) is 19.9 Å². The van der Waals surface area contributed by atoms with Gasteiger partial charge >= 0.3 is 0 Å². The van der Waals surface area contributed by atoms with Crippen LogP contribution in [-0.2, 0) is 25.4 Å². The van der Waals surface area contributed by atoms with Crippen LogP contribution in [0, 0.1) is 17.3 Å². The second-order valence-electron chi connectivity index (χ2n) is 9.35. The van der Waals surface area contributed by atoms with E-state index in [0.29, 0.717) is 17.9 Å². The molecule has 0 spiro atoms. The number of aldehydes is 1. The number of carbonyl (C=O) groups excluding carboxylic acids is 1. The number of methoxy groups -OCH3 is 5. The molecule has 2 unspecified atom stereocenters. The van der Waals surface area contributed by atoms with Crippen LogP contribution in [-0.4, -0.2) is 66.9 Å². The van der Waals surface area contributed by atoms with Gasteiger partial charge in [0, 0.05) is 24.3 Å². The fourth-order valence-corrected chi connectivity index (χ4v) is 5.30. The Bertz CT molecular complexity index is 893. The molecule has 0 amide bonds. The summed E-state index contributed by atoms with van der Waals surface area (Å²) in [5, 5.41) is 0. The highest BCUT2D eigenvalue weighted by molar-refractivity contribution is 5.52. The summed E-state index contributed by atoms with van der Waals surface area (Å²) >= 11 is 0. The molecule has 7 heteroatoms. The molecule has 7 nitrogen and oxygen atoms in total. The van der Waals surface area contributed by atoms with Crippen LogP contribution in [0.1, 0.15) is 38.7 Å². The molecule has 1 aliphatic carbocycles. The molecular formula is C28H43NO6. The molecule has 1 aromatic rings. The lowest BCUT2D eigenvalue weighted by atomic mass is 9.60. The van der Waals surface area contributed by atoms with Gasteiger partial charge in [0.05, 0.1) is 35.5 Å². The van der Waals surface area contributed by atoms with E-state index < -0.39 is 0 Å². The first-order valence-electron chi connectivity index (χ1n) is 12.2. The number of carbonyl (C=O) groups is 1. The van der Waals surface area contributed by atoms with Crippen molar-refractivity contribution in [3.8, 4) is 11.5 Å². The van der Waals surface area contributed by atoms with Gasteiger partial charge in [-0.25, -0.2) is 0 Å². The van der Waals surface area contributed by atoms with Crippen LogP contribution in [0.25, 0.3) is 0 Å².